The Morgan fingerprint density at radius 3 is 2.75 bits per heavy atom. The number of fused-ring (bicyclic) bond motifs is 1. The average Bonchev–Trinajstić information content (AvgIpc) is 3.12. The van der Waals surface area contributed by atoms with Crippen molar-refractivity contribution in [2.45, 2.75) is 32.4 Å². The highest BCUT2D eigenvalue weighted by molar-refractivity contribution is 6.29. The second kappa shape index (κ2) is 8.07. The van der Waals surface area contributed by atoms with E-state index in [0.29, 0.717) is 22.3 Å². The minimum absolute atomic E-state index is 0.101. The Kier molecular flexibility index (Phi) is 5.42. The van der Waals surface area contributed by atoms with Crippen LogP contribution in [0.25, 0.3) is 16.9 Å². The number of nitrogens with two attached hydrogens (primary N) is 1. The van der Waals surface area contributed by atoms with Crippen molar-refractivity contribution in [3.8, 4) is 17.3 Å². The summed E-state index contributed by atoms with van der Waals surface area (Å²) in [5.74, 6) is 0.425. The van der Waals surface area contributed by atoms with Crippen LogP contribution in [0.15, 0.2) is 42.9 Å². The second-order valence-corrected chi connectivity index (χ2v) is 8.29. The first kappa shape index (κ1) is 21.5. The maximum absolute atomic E-state index is 10.5. The predicted molar refractivity (Wildman–Crippen MR) is 122 cm³/mol. The van der Waals surface area contributed by atoms with Gasteiger partial charge in [0, 0.05) is 11.1 Å². The van der Waals surface area contributed by atoms with Crippen LogP contribution in [-0.2, 0) is 5.60 Å². The van der Waals surface area contributed by atoms with E-state index < -0.39 is 5.60 Å². The summed E-state index contributed by atoms with van der Waals surface area (Å²) in [7, 11) is 0. The lowest BCUT2D eigenvalue weighted by Gasteiger charge is -2.21. The number of nitrogens with one attached hydrogen (secondary N) is 1. The fourth-order valence-corrected chi connectivity index (χ4v) is 3.58. The SMILES string of the molecule is CC(Nc1ncnc(N)c1C#N)c1cc2ncc(Cl)n2nc1-c1cccc(C(C)(C)O)c1. The van der Waals surface area contributed by atoms with Gasteiger partial charge in [0.1, 0.15) is 29.6 Å². The summed E-state index contributed by atoms with van der Waals surface area (Å²) in [6, 6.07) is 11.1. The van der Waals surface area contributed by atoms with Gasteiger partial charge in [0.15, 0.2) is 10.8 Å². The molecule has 0 amide bonds. The number of hydrogen-bond acceptors (Lipinski definition) is 8. The molecule has 0 saturated heterocycles. The van der Waals surface area contributed by atoms with Crippen molar-refractivity contribution in [3.63, 3.8) is 0 Å². The molecule has 0 aliphatic heterocycles. The lowest BCUT2D eigenvalue weighted by Crippen LogP contribution is -2.16. The molecule has 162 valence electrons. The Hall–Kier alpha value is -3.74. The molecule has 3 heterocycles. The van der Waals surface area contributed by atoms with Gasteiger partial charge in [0.05, 0.1) is 23.5 Å². The Bertz CT molecular complexity index is 1350. The number of benzene rings is 1. The zero-order valence-electron chi connectivity index (χ0n) is 17.7. The van der Waals surface area contributed by atoms with E-state index in [9.17, 15) is 10.4 Å². The fraction of sp³-hybridized carbons (Fsp3) is 0.227. The third kappa shape index (κ3) is 3.93. The van der Waals surface area contributed by atoms with Crippen molar-refractivity contribution in [1.82, 2.24) is 24.6 Å². The van der Waals surface area contributed by atoms with E-state index in [1.807, 2.05) is 43.3 Å². The fourth-order valence-electron chi connectivity index (χ4n) is 3.40. The third-order valence-corrected chi connectivity index (χ3v) is 5.39. The van der Waals surface area contributed by atoms with Gasteiger partial charge in [-0.1, -0.05) is 29.8 Å². The summed E-state index contributed by atoms with van der Waals surface area (Å²) < 4.78 is 1.55. The molecular weight excluding hydrogens is 428 g/mol. The molecule has 0 fully saturated rings. The quantitative estimate of drug-likeness (QED) is 0.420. The molecule has 0 saturated carbocycles. The molecule has 0 bridgehead atoms. The number of rotatable bonds is 5. The van der Waals surface area contributed by atoms with Crippen LogP contribution < -0.4 is 11.1 Å². The van der Waals surface area contributed by atoms with E-state index in [4.69, 9.17) is 22.4 Å². The highest BCUT2D eigenvalue weighted by Crippen LogP contribution is 2.33. The standard InChI is InChI=1S/C22H21ClN8O/c1-12(29-21-16(9-24)20(25)27-11-28-21)15-8-18-26-10-17(23)31(18)30-19(15)13-5-4-6-14(7-13)22(2,3)32/h4-8,10-12,32H,1-3H3,(H3,25,27,28,29). The molecule has 0 radical (unpaired) electrons. The number of nitriles is 1. The van der Waals surface area contributed by atoms with Crippen molar-refractivity contribution in [3.05, 3.63) is 64.7 Å². The summed E-state index contributed by atoms with van der Waals surface area (Å²) in [6.07, 6.45) is 2.83. The van der Waals surface area contributed by atoms with Crippen molar-refractivity contribution in [2.75, 3.05) is 11.1 Å². The van der Waals surface area contributed by atoms with Gasteiger partial charge in [-0.2, -0.15) is 10.4 Å². The number of imidazole rings is 1. The monoisotopic (exact) mass is 448 g/mol. The molecule has 1 unspecified atom stereocenters. The minimum atomic E-state index is -1.02. The molecular formula is C22H21ClN8O. The first-order valence-electron chi connectivity index (χ1n) is 9.83. The number of hydrogen-bond donors (Lipinski definition) is 3. The van der Waals surface area contributed by atoms with Crippen LogP contribution in [-0.4, -0.2) is 29.7 Å². The summed E-state index contributed by atoms with van der Waals surface area (Å²) in [5.41, 5.74) is 8.53. The van der Waals surface area contributed by atoms with Gasteiger partial charge in [0.2, 0.25) is 0 Å². The highest BCUT2D eigenvalue weighted by Gasteiger charge is 2.22. The van der Waals surface area contributed by atoms with Crippen LogP contribution in [0.5, 0.6) is 0 Å². The van der Waals surface area contributed by atoms with Crippen LogP contribution in [0.4, 0.5) is 11.6 Å². The molecule has 4 rings (SSSR count). The first-order valence-corrected chi connectivity index (χ1v) is 10.2. The summed E-state index contributed by atoms with van der Waals surface area (Å²) in [5, 5.41) is 28.3. The number of halogens is 1. The summed E-state index contributed by atoms with van der Waals surface area (Å²) in [6.45, 7) is 5.37. The van der Waals surface area contributed by atoms with Crippen molar-refractivity contribution in [1.29, 1.82) is 5.26 Å². The molecule has 4 N–H and O–H groups in total. The van der Waals surface area contributed by atoms with Crippen LogP contribution in [0, 0.1) is 11.3 Å². The van der Waals surface area contributed by atoms with Gasteiger partial charge in [-0.05, 0) is 38.5 Å². The van der Waals surface area contributed by atoms with Gasteiger partial charge in [0.25, 0.3) is 0 Å². The van der Waals surface area contributed by atoms with E-state index in [1.54, 1.807) is 18.4 Å². The van der Waals surface area contributed by atoms with E-state index in [2.05, 4.69) is 20.3 Å². The Morgan fingerprint density at radius 2 is 2.03 bits per heavy atom. The van der Waals surface area contributed by atoms with E-state index in [-0.39, 0.29) is 17.4 Å². The third-order valence-electron chi connectivity index (χ3n) is 5.13. The second-order valence-electron chi connectivity index (χ2n) is 7.90. The zero-order valence-corrected chi connectivity index (χ0v) is 18.5. The normalized spacial score (nSPS) is 12.5. The first-order chi connectivity index (χ1) is 15.2. The van der Waals surface area contributed by atoms with Gasteiger partial charge in [-0.25, -0.2) is 19.5 Å². The molecule has 9 nitrogen and oxygen atoms in total. The summed E-state index contributed by atoms with van der Waals surface area (Å²) in [4.78, 5) is 12.4. The van der Waals surface area contributed by atoms with Crippen molar-refractivity contribution in [2.24, 2.45) is 0 Å². The van der Waals surface area contributed by atoms with Crippen LogP contribution in [0.1, 0.15) is 43.5 Å². The van der Waals surface area contributed by atoms with Gasteiger partial charge in [-0.15, -0.1) is 0 Å². The smallest absolute Gasteiger partial charge is 0.155 e. The number of aliphatic hydroxyl groups is 1. The van der Waals surface area contributed by atoms with Gasteiger partial charge >= 0.3 is 0 Å². The summed E-state index contributed by atoms with van der Waals surface area (Å²) >= 11 is 6.27. The van der Waals surface area contributed by atoms with E-state index in [1.165, 1.54) is 12.5 Å². The van der Waals surface area contributed by atoms with Gasteiger partial charge < -0.3 is 16.2 Å². The van der Waals surface area contributed by atoms with E-state index in [0.717, 1.165) is 16.7 Å². The molecule has 0 aliphatic carbocycles. The largest absolute Gasteiger partial charge is 0.386 e. The molecule has 0 spiro atoms. The number of nitrogens with zero attached hydrogens (tertiary/aromatic N) is 6. The number of nitrogen functional groups attached to an aromatic ring is 1. The molecule has 4 aromatic rings. The molecule has 10 heteroatoms. The lowest BCUT2D eigenvalue weighted by molar-refractivity contribution is 0.0786. The number of aromatic nitrogens is 5. The average molecular weight is 449 g/mol. The van der Waals surface area contributed by atoms with Crippen LogP contribution in [0.2, 0.25) is 5.15 Å². The topological polar surface area (TPSA) is 138 Å². The molecule has 1 aromatic carbocycles. The lowest BCUT2D eigenvalue weighted by atomic mass is 9.94. The van der Waals surface area contributed by atoms with Crippen LogP contribution >= 0.6 is 11.6 Å². The van der Waals surface area contributed by atoms with Crippen LogP contribution in [0.3, 0.4) is 0 Å². The maximum atomic E-state index is 10.5. The van der Waals surface area contributed by atoms with Crippen molar-refractivity contribution < 1.29 is 5.11 Å². The van der Waals surface area contributed by atoms with Gasteiger partial charge in [-0.3, -0.25) is 0 Å². The molecule has 32 heavy (non-hydrogen) atoms. The molecule has 0 aliphatic rings. The Balaban J connectivity index is 1.86. The maximum Gasteiger partial charge on any atom is 0.155 e. The molecule has 1 atom stereocenters. The predicted octanol–water partition coefficient (Wildman–Crippen LogP) is 3.69. The Morgan fingerprint density at radius 1 is 1.25 bits per heavy atom. The number of anilines is 2. The van der Waals surface area contributed by atoms with E-state index >= 15 is 0 Å². The Labute approximate surface area is 189 Å². The van der Waals surface area contributed by atoms with Crippen molar-refractivity contribution >= 4 is 28.9 Å². The highest BCUT2D eigenvalue weighted by atomic mass is 35.5. The molecule has 3 aromatic heterocycles. The minimum Gasteiger partial charge on any atom is -0.386 e. The zero-order chi connectivity index (χ0) is 23.0.